The molecule has 6 nitrogen and oxygen atoms in total. The van der Waals surface area contributed by atoms with E-state index in [1.165, 1.54) is 6.92 Å². The van der Waals surface area contributed by atoms with Crippen molar-refractivity contribution in [3.8, 4) is 23.0 Å². The van der Waals surface area contributed by atoms with Crippen LogP contribution in [0.3, 0.4) is 0 Å². The second kappa shape index (κ2) is 8.99. The lowest BCUT2D eigenvalue weighted by atomic mass is 10.0. The maximum absolute atomic E-state index is 11.5. The highest BCUT2D eigenvalue weighted by Gasteiger charge is 2.14. The third-order valence-corrected chi connectivity index (χ3v) is 4.02. The van der Waals surface area contributed by atoms with Crippen LogP contribution in [0.5, 0.6) is 23.0 Å². The van der Waals surface area contributed by atoms with E-state index in [9.17, 15) is 4.79 Å². The monoisotopic (exact) mass is 359 g/mol. The summed E-state index contributed by atoms with van der Waals surface area (Å²) in [7, 11) is 6.42. The summed E-state index contributed by atoms with van der Waals surface area (Å²) in [4.78, 5) is 11.5. The van der Waals surface area contributed by atoms with Crippen molar-refractivity contribution in [1.29, 1.82) is 0 Å². The molecule has 1 N–H and O–H groups in total. The quantitative estimate of drug-likeness (QED) is 0.782. The minimum Gasteiger partial charge on any atom is -0.497 e. The molecule has 0 heterocycles. The molecule has 2 rings (SSSR count). The van der Waals surface area contributed by atoms with Crippen molar-refractivity contribution < 1.29 is 23.7 Å². The zero-order valence-electron chi connectivity index (χ0n) is 15.8. The highest BCUT2D eigenvalue weighted by molar-refractivity contribution is 5.91. The van der Waals surface area contributed by atoms with Crippen LogP contribution in [0.2, 0.25) is 0 Å². The van der Waals surface area contributed by atoms with Crippen LogP contribution >= 0.6 is 0 Å². The summed E-state index contributed by atoms with van der Waals surface area (Å²) in [6, 6.07) is 9.52. The van der Waals surface area contributed by atoms with Gasteiger partial charge in [0.2, 0.25) is 5.91 Å². The van der Waals surface area contributed by atoms with E-state index in [-0.39, 0.29) is 5.91 Å². The second-order valence-electron chi connectivity index (χ2n) is 5.74. The molecular formula is C20H25NO5. The smallest absolute Gasteiger partial charge is 0.221 e. The number of amides is 1. The van der Waals surface area contributed by atoms with Crippen LogP contribution < -0.4 is 24.3 Å². The van der Waals surface area contributed by atoms with Gasteiger partial charge in [-0.05, 0) is 36.6 Å². The topological polar surface area (TPSA) is 66.0 Å². The number of nitrogens with one attached hydrogen (secondary N) is 1. The summed E-state index contributed by atoms with van der Waals surface area (Å²) in [5, 5.41) is 2.79. The Morgan fingerprint density at radius 2 is 1.62 bits per heavy atom. The fourth-order valence-electron chi connectivity index (χ4n) is 2.80. The van der Waals surface area contributed by atoms with Gasteiger partial charge in [-0.2, -0.15) is 0 Å². The van der Waals surface area contributed by atoms with Crippen molar-refractivity contribution in [2.75, 3.05) is 33.8 Å². The number of rotatable bonds is 8. The molecule has 0 saturated heterocycles. The van der Waals surface area contributed by atoms with Gasteiger partial charge < -0.3 is 24.3 Å². The molecule has 0 saturated carbocycles. The molecule has 0 aliphatic heterocycles. The summed E-state index contributed by atoms with van der Waals surface area (Å²) in [5.74, 6) is 2.53. The number of benzene rings is 2. The Hall–Kier alpha value is -2.89. The van der Waals surface area contributed by atoms with E-state index in [0.717, 1.165) is 17.5 Å². The molecule has 1 amide bonds. The van der Waals surface area contributed by atoms with Crippen LogP contribution in [-0.2, 0) is 17.6 Å². The SMILES string of the molecule is COc1cc(CCc2ccc(OC)c(OC)c2)c(OC)c(NC(C)=O)c1. The third kappa shape index (κ3) is 4.59. The molecule has 140 valence electrons. The van der Waals surface area contributed by atoms with Gasteiger partial charge in [-0.25, -0.2) is 0 Å². The molecule has 0 aliphatic rings. The second-order valence-corrected chi connectivity index (χ2v) is 5.74. The first-order valence-corrected chi connectivity index (χ1v) is 8.25. The van der Waals surface area contributed by atoms with Gasteiger partial charge in [0.15, 0.2) is 11.5 Å². The Bertz CT molecular complexity index is 773. The minimum atomic E-state index is -0.164. The molecule has 0 bridgehead atoms. The summed E-state index contributed by atoms with van der Waals surface area (Å²) < 4.78 is 21.5. The van der Waals surface area contributed by atoms with Gasteiger partial charge in [0.05, 0.1) is 34.1 Å². The average Bonchev–Trinajstić information content (AvgIpc) is 2.65. The van der Waals surface area contributed by atoms with Crippen LogP contribution in [0.4, 0.5) is 5.69 Å². The lowest BCUT2D eigenvalue weighted by Gasteiger charge is -2.16. The Kier molecular flexibility index (Phi) is 6.72. The largest absolute Gasteiger partial charge is 0.497 e. The van der Waals surface area contributed by atoms with Crippen LogP contribution in [0.15, 0.2) is 30.3 Å². The number of anilines is 1. The van der Waals surface area contributed by atoms with E-state index >= 15 is 0 Å². The highest BCUT2D eigenvalue weighted by Crippen LogP contribution is 2.35. The Morgan fingerprint density at radius 1 is 0.885 bits per heavy atom. The first-order chi connectivity index (χ1) is 12.5. The molecule has 26 heavy (non-hydrogen) atoms. The molecule has 0 aliphatic carbocycles. The van der Waals surface area contributed by atoms with Crippen molar-refractivity contribution >= 4 is 11.6 Å². The van der Waals surface area contributed by atoms with E-state index < -0.39 is 0 Å². The molecule has 0 unspecified atom stereocenters. The lowest BCUT2D eigenvalue weighted by molar-refractivity contribution is -0.114. The first-order valence-electron chi connectivity index (χ1n) is 8.25. The Balaban J connectivity index is 2.29. The summed E-state index contributed by atoms with van der Waals surface area (Å²) in [6.45, 7) is 1.46. The molecule has 0 spiro atoms. The average molecular weight is 359 g/mol. The number of aryl methyl sites for hydroxylation is 2. The van der Waals surface area contributed by atoms with Gasteiger partial charge in [-0.3, -0.25) is 4.79 Å². The zero-order valence-corrected chi connectivity index (χ0v) is 15.8. The van der Waals surface area contributed by atoms with Gasteiger partial charge in [0.1, 0.15) is 11.5 Å². The van der Waals surface area contributed by atoms with Crippen molar-refractivity contribution in [3.63, 3.8) is 0 Å². The maximum atomic E-state index is 11.5. The molecule has 0 fully saturated rings. The number of hydrogen-bond acceptors (Lipinski definition) is 5. The molecular weight excluding hydrogens is 334 g/mol. The van der Waals surface area contributed by atoms with Crippen LogP contribution in [-0.4, -0.2) is 34.3 Å². The molecule has 0 aromatic heterocycles. The summed E-state index contributed by atoms with van der Waals surface area (Å²) >= 11 is 0. The fraction of sp³-hybridized carbons (Fsp3) is 0.350. The normalized spacial score (nSPS) is 10.2. The molecule has 2 aromatic rings. The minimum absolute atomic E-state index is 0.164. The summed E-state index contributed by atoms with van der Waals surface area (Å²) in [5.41, 5.74) is 2.65. The van der Waals surface area contributed by atoms with E-state index in [4.69, 9.17) is 18.9 Å². The van der Waals surface area contributed by atoms with E-state index in [1.54, 1.807) is 34.5 Å². The van der Waals surface area contributed by atoms with Gasteiger partial charge in [-0.15, -0.1) is 0 Å². The highest BCUT2D eigenvalue weighted by atomic mass is 16.5. The molecule has 6 heteroatoms. The predicted octanol–water partition coefficient (Wildman–Crippen LogP) is 3.46. The molecule has 0 radical (unpaired) electrons. The lowest BCUT2D eigenvalue weighted by Crippen LogP contribution is -2.09. The van der Waals surface area contributed by atoms with Gasteiger partial charge in [0, 0.05) is 18.6 Å². The standard InChI is InChI=1S/C20H25NO5/c1-13(22)21-17-12-16(23-2)11-15(20(17)26-5)8-6-14-7-9-18(24-3)19(10-14)25-4/h7,9-12H,6,8H2,1-5H3,(H,21,22). The predicted molar refractivity (Wildman–Crippen MR) is 101 cm³/mol. The van der Waals surface area contributed by atoms with E-state index in [1.807, 2.05) is 24.3 Å². The van der Waals surface area contributed by atoms with Crippen molar-refractivity contribution in [2.45, 2.75) is 19.8 Å². The van der Waals surface area contributed by atoms with Crippen molar-refractivity contribution in [1.82, 2.24) is 0 Å². The van der Waals surface area contributed by atoms with Gasteiger partial charge in [-0.1, -0.05) is 6.07 Å². The Morgan fingerprint density at radius 3 is 2.19 bits per heavy atom. The van der Waals surface area contributed by atoms with Crippen LogP contribution in [0, 0.1) is 0 Å². The number of ether oxygens (including phenoxy) is 4. The van der Waals surface area contributed by atoms with Crippen LogP contribution in [0.1, 0.15) is 18.1 Å². The number of methoxy groups -OCH3 is 4. The number of carbonyl (C=O) groups excluding carboxylic acids is 1. The first kappa shape index (κ1) is 19.4. The van der Waals surface area contributed by atoms with Crippen molar-refractivity contribution in [2.24, 2.45) is 0 Å². The summed E-state index contributed by atoms with van der Waals surface area (Å²) in [6.07, 6.45) is 1.48. The Labute approximate surface area is 154 Å². The zero-order chi connectivity index (χ0) is 19.1. The van der Waals surface area contributed by atoms with Gasteiger partial charge in [0.25, 0.3) is 0 Å². The van der Waals surface area contributed by atoms with E-state index in [2.05, 4.69) is 5.32 Å². The third-order valence-electron chi connectivity index (χ3n) is 4.02. The maximum Gasteiger partial charge on any atom is 0.221 e. The molecule has 0 atom stereocenters. The number of carbonyl (C=O) groups is 1. The van der Waals surface area contributed by atoms with E-state index in [0.29, 0.717) is 35.1 Å². The fourth-order valence-corrected chi connectivity index (χ4v) is 2.80. The number of hydrogen-bond donors (Lipinski definition) is 1. The van der Waals surface area contributed by atoms with Gasteiger partial charge >= 0.3 is 0 Å². The van der Waals surface area contributed by atoms with Crippen molar-refractivity contribution in [3.05, 3.63) is 41.5 Å². The van der Waals surface area contributed by atoms with Crippen LogP contribution in [0.25, 0.3) is 0 Å². The molecule has 2 aromatic carbocycles.